The number of thioether (sulfide) groups is 1. The van der Waals surface area contributed by atoms with E-state index in [0.29, 0.717) is 0 Å². The average molecular weight is 255 g/mol. The van der Waals surface area contributed by atoms with E-state index in [1.54, 1.807) is 18.9 Å². The van der Waals surface area contributed by atoms with Gasteiger partial charge in [0.25, 0.3) is 0 Å². The Labute approximate surface area is 108 Å². The van der Waals surface area contributed by atoms with E-state index in [-0.39, 0.29) is 12.6 Å². The lowest BCUT2D eigenvalue weighted by Crippen LogP contribution is -2.32. The summed E-state index contributed by atoms with van der Waals surface area (Å²) in [5.41, 5.74) is 0. The maximum atomic E-state index is 9.13. The van der Waals surface area contributed by atoms with Crippen molar-refractivity contribution in [2.24, 2.45) is 0 Å². The number of rotatable bonds is 8. The minimum absolute atomic E-state index is 0.205. The van der Waals surface area contributed by atoms with Crippen LogP contribution in [0.1, 0.15) is 13.3 Å². The van der Waals surface area contributed by atoms with Gasteiger partial charge in [0, 0.05) is 10.9 Å². The SMILES string of the molecule is CCNC(CO)CCSc1ccc(OC)cc1. The molecule has 0 fully saturated rings. The van der Waals surface area contributed by atoms with Crippen LogP contribution in [0.25, 0.3) is 0 Å². The minimum Gasteiger partial charge on any atom is -0.497 e. The number of aliphatic hydroxyl groups excluding tert-OH is 1. The summed E-state index contributed by atoms with van der Waals surface area (Å²) in [5, 5.41) is 12.4. The maximum Gasteiger partial charge on any atom is 0.118 e. The van der Waals surface area contributed by atoms with E-state index in [1.807, 2.05) is 12.1 Å². The molecule has 2 N–H and O–H groups in total. The number of nitrogens with one attached hydrogen (secondary N) is 1. The van der Waals surface area contributed by atoms with Crippen LogP contribution in [0.3, 0.4) is 0 Å². The summed E-state index contributed by atoms with van der Waals surface area (Å²) in [4.78, 5) is 1.24. The molecular formula is C13H21NO2S. The van der Waals surface area contributed by atoms with E-state index in [2.05, 4.69) is 24.4 Å². The fraction of sp³-hybridized carbons (Fsp3) is 0.538. The van der Waals surface area contributed by atoms with Gasteiger partial charge in [0.15, 0.2) is 0 Å². The van der Waals surface area contributed by atoms with Crippen LogP contribution in [0.5, 0.6) is 5.75 Å². The van der Waals surface area contributed by atoms with Crippen molar-refractivity contribution in [2.75, 3.05) is 26.0 Å². The third-order valence-electron chi connectivity index (χ3n) is 2.51. The Morgan fingerprint density at radius 1 is 1.35 bits per heavy atom. The molecule has 1 aromatic carbocycles. The lowest BCUT2D eigenvalue weighted by molar-refractivity contribution is 0.242. The van der Waals surface area contributed by atoms with Crippen LogP contribution in [0.15, 0.2) is 29.2 Å². The molecule has 0 spiro atoms. The van der Waals surface area contributed by atoms with Crippen LogP contribution in [-0.4, -0.2) is 37.2 Å². The molecule has 0 amide bonds. The van der Waals surface area contributed by atoms with E-state index >= 15 is 0 Å². The Hall–Kier alpha value is -0.710. The van der Waals surface area contributed by atoms with Crippen LogP contribution in [0, 0.1) is 0 Å². The molecule has 4 heteroatoms. The van der Waals surface area contributed by atoms with Gasteiger partial charge < -0.3 is 15.2 Å². The first kappa shape index (κ1) is 14.4. The van der Waals surface area contributed by atoms with Gasteiger partial charge in [-0.25, -0.2) is 0 Å². The van der Waals surface area contributed by atoms with Gasteiger partial charge in [-0.1, -0.05) is 6.92 Å². The van der Waals surface area contributed by atoms with Gasteiger partial charge in [-0.2, -0.15) is 0 Å². The zero-order chi connectivity index (χ0) is 12.5. The van der Waals surface area contributed by atoms with Gasteiger partial charge in [-0.15, -0.1) is 11.8 Å². The summed E-state index contributed by atoms with van der Waals surface area (Å²) in [6.45, 7) is 3.16. The molecule has 17 heavy (non-hydrogen) atoms. The summed E-state index contributed by atoms with van der Waals surface area (Å²) >= 11 is 1.80. The molecule has 0 radical (unpaired) electrons. The smallest absolute Gasteiger partial charge is 0.118 e. The molecule has 0 heterocycles. The highest BCUT2D eigenvalue weighted by molar-refractivity contribution is 7.99. The lowest BCUT2D eigenvalue weighted by atomic mass is 10.2. The monoisotopic (exact) mass is 255 g/mol. The average Bonchev–Trinajstić information content (AvgIpc) is 2.38. The molecule has 1 unspecified atom stereocenters. The molecule has 0 aliphatic heterocycles. The predicted molar refractivity (Wildman–Crippen MR) is 72.9 cm³/mol. The van der Waals surface area contributed by atoms with Gasteiger partial charge in [-0.05, 0) is 43.0 Å². The molecule has 1 atom stereocenters. The van der Waals surface area contributed by atoms with Crippen molar-refractivity contribution in [3.63, 3.8) is 0 Å². The summed E-state index contributed by atoms with van der Waals surface area (Å²) in [6, 6.07) is 8.27. The highest BCUT2D eigenvalue weighted by atomic mass is 32.2. The molecule has 0 aromatic heterocycles. The Bertz CT molecular complexity index is 303. The Balaban J connectivity index is 2.29. The van der Waals surface area contributed by atoms with E-state index in [9.17, 15) is 0 Å². The summed E-state index contributed by atoms with van der Waals surface area (Å²) in [6.07, 6.45) is 0.973. The first-order valence-electron chi connectivity index (χ1n) is 5.91. The van der Waals surface area contributed by atoms with Crippen molar-refractivity contribution >= 4 is 11.8 Å². The Kier molecular flexibility index (Phi) is 7.08. The Morgan fingerprint density at radius 3 is 2.59 bits per heavy atom. The topological polar surface area (TPSA) is 41.5 Å². The van der Waals surface area contributed by atoms with Crippen molar-refractivity contribution in [1.29, 1.82) is 0 Å². The van der Waals surface area contributed by atoms with Crippen LogP contribution in [-0.2, 0) is 0 Å². The van der Waals surface area contributed by atoms with Crippen molar-refractivity contribution in [3.05, 3.63) is 24.3 Å². The largest absolute Gasteiger partial charge is 0.497 e. The number of methoxy groups -OCH3 is 1. The number of aliphatic hydroxyl groups is 1. The number of likely N-dealkylation sites (N-methyl/N-ethyl adjacent to an activating group) is 1. The Morgan fingerprint density at radius 2 is 2.06 bits per heavy atom. The van der Waals surface area contributed by atoms with Crippen LogP contribution >= 0.6 is 11.8 Å². The second kappa shape index (κ2) is 8.39. The van der Waals surface area contributed by atoms with Crippen LogP contribution in [0.2, 0.25) is 0 Å². The first-order valence-corrected chi connectivity index (χ1v) is 6.89. The van der Waals surface area contributed by atoms with Gasteiger partial charge >= 0.3 is 0 Å². The molecule has 0 bridgehead atoms. The van der Waals surface area contributed by atoms with E-state index in [4.69, 9.17) is 9.84 Å². The fourth-order valence-electron chi connectivity index (χ4n) is 1.54. The zero-order valence-electron chi connectivity index (χ0n) is 10.5. The van der Waals surface area contributed by atoms with Crippen molar-refractivity contribution in [1.82, 2.24) is 5.32 Å². The normalized spacial score (nSPS) is 12.4. The van der Waals surface area contributed by atoms with Gasteiger partial charge in [0.1, 0.15) is 5.75 Å². The minimum atomic E-state index is 0.205. The summed E-state index contributed by atoms with van der Waals surface area (Å²) in [5.74, 6) is 1.89. The molecule has 1 rings (SSSR count). The predicted octanol–water partition coefficient (Wildman–Crippen LogP) is 2.15. The molecule has 0 aliphatic rings. The first-order chi connectivity index (χ1) is 8.30. The third-order valence-corrected chi connectivity index (χ3v) is 3.55. The third kappa shape index (κ3) is 5.44. The fourth-order valence-corrected chi connectivity index (χ4v) is 2.50. The van der Waals surface area contributed by atoms with Crippen molar-refractivity contribution in [3.8, 4) is 5.75 Å². The molecule has 1 aromatic rings. The van der Waals surface area contributed by atoms with E-state index in [0.717, 1.165) is 24.5 Å². The number of benzene rings is 1. The molecular weight excluding hydrogens is 234 g/mol. The van der Waals surface area contributed by atoms with Crippen LogP contribution < -0.4 is 10.1 Å². The number of hydrogen-bond acceptors (Lipinski definition) is 4. The van der Waals surface area contributed by atoms with Crippen molar-refractivity contribution < 1.29 is 9.84 Å². The number of hydrogen-bond donors (Lipinski definition) is 2. The van der Waals surface area contributed by atoms with Crippen molar-refractivity contribution in [2.45, 2.75) is 24.3 Å². The van der Waals surface area contributed by atoms with E-state index in [1.165, 1.54) is 4.90 Å². The second-order valence-corrected chi connectivity index (χ2v) is 4.92. The lowest BCUT2D eigenvalue weighted by Gasteiger charge is -2.14. The molecule has 3 nitrogen and oxygen atoms in total. The zero-order valence-corrected chi connectivity index (χ0v) is 11.3. The van der Waals surface area contributed by atoms with Gasteiger partial charge in [0.05, 0.1) is 13.7 Å². The highest BCUT2D eigenvalue weighted by Gasteiger charge is 2.05. The molecule has 96 valence electrons. The molecule has 0 aliphatic carbocycles. The van der Waals surface area contributed by atoms with Gasteiger partial charge in [-0.3, -0.25) is 0 Å². The molecule has 0 saturated carbocycles. The summed E-state index contributed by atoms with van der Waals surface area (Å²) in [7, 11) is 1.67. The summed E-state index contributed by atoms with van der Waals surface area (Å²) < 4.78 is 5.11. The maximum absolute atomic E-state index is 9.13. The quantitative estimate of drug-likeness (QED) is 0.698. The highest BCUT2D eigenvalue weighted by Crippen LogP contribution is 2.22. The second-order valence-electron chi connectivity index (χ2n) is 3.75. The van der Waals surface area contributed by atoms with Crippen LogP contribution in [0.4, 0.5) is 0 Å². The van der Waals surface area contributed by atoms with E-state index < -0.39 is 0 Å². The van der Waals surface area contributed by atoms with Gasteiger partial charge in [0.2, 0.25) is 0 Å². The molecule has 0 saturated heterocycles. The standard InChI is InChI=1S/C13H21NO2S/c1-3-14-11(10-15)8-9-17-13-6-4-12(16-2)5-7-13/h4-7,11,14-15H,3,8-10H2,1-2H3. The number of ether oxygens (including phenoxy) is 1.